The molecule has 1 amide bonds. The molecule has 0 fully saturated rings. The van der Waals surface area contributed by atoms with Gasteiger partial charge in [0.05, 0.1) is 7.11 Å². The van der Waals surface area contributed by atoms with Gasteiger partial charge in [-0.05, 0) is 42.3 Å². The summed E-state index contributed by atoms with van der Waals surface area (Å²) in [4.78, 5) is 14.6. The molecule has 1 aromatic heterocycles. The summed E-state index contributed by atoms with van der Waals surface area (Å²) >= 11 is 0. The van der Waals surface area contributed by atoms with Crippen LogP contribution in [0, 0.1) is 0 Å². The Bertz CT molecular complexity index is 983. The van der Waals surface area contributed by atoms with Crippen LogP contribution in [0.3, 0.4) is 0 Å². The van der Waals surface area contributed by atoms with Crippen molar-refractivity contribution in [1.29, 1.82) is 0 Å². The van der Waals surface area contributed by atoms with E-state index < -0.39 is 0 Å². The predicted molar refractivity (Wildman–Crippen MR) is 104 cm³/mol. The Kier molecular flexibility index (Phi) is 4.25. The van der Waals surface area contributed by atoms with Crippen LogP contribution in [-0.2, 0) is 7.05 Å². The van der Waals surface area contributed by atoms with Gasteiger partial charge in [0, 0.05) is 48.4 Å². The fraction of sp³-hybridized carbons (Fsp3) is 0.227. The fourth-order valence-electron chi connectivity index (χ4n) is 3.61. The molecule has 3 aromatic rings. The topological polar surface area (TPSA) is 34.5 Å². The highest BCUT2D eigenvalue weighted by atomic mass is 16.5. The number of aryl methyl sites for hydroxylation is 1. The molecule has 0 aliphatic carbocycles. The Morgan fingerprint density at radius 3 is 2.54 bits per heavy atom. The third-order valence-electron chi connectivity index (χ3n) is 5.08. The normalized spacial score (nSPS) is 14.4. The summed E-state index contributed by atoms with van der Waals surface area (Å²) in [7, 11) is 3.70. The molecule has 132 valence electrons. The molecule has 4 nitrogen and oxygen atoms in total. The number of benzene rings is 2. The first-order chi connectivity index (χ1) is 12.7. The van der Waals surface area contributed by atoms with Gasteiger partial charge in [-0.2, -0.15) is 0 Å². The van der Waals surface area contributed by atoms with Gasteiger partial charge in [-0.3, -0.25) is 4.79 Å². The van der Waals surface area contributed by atoms with Crippen molar-refractivity contribution in [2.24, 2.45) is 7.05 Å². The van der Waals surface area contributed by atoms with E-state index in [4.69, 9.17) is 4.74 Å². The second-order valence-electron chi connectivity index (χ2n) is 6.63. The number of para-hydroxylation sites is 1. The molecule has 1 aliphatic rings. The number of carbonyl (C=O) groups excluding carboxylic acids is 1. The van der Waals surface area contributed by atoms with Crippen LogP contribution in [0.1, 0.15) is 22.3 Å². The van der Waals surface area contributed by atoms with E-state index in [9.17, 15) is 4.79 Å². The molecule has 4 heteroatoms. The predicted octanol–water partition coefficient (Wildman–Crippen LogP) is 4.12. The van der Waals surface area contributed by atoms with Crippen LogP contribution in [0.2, 0.25) is 0 Å². The molecule has 0 unspecified atom stereocenters. The molecule has 0 N–H and O–H groups in total. The molecule has 0 spiro atoms. The van der Waals surface area contributed by atoms with Crippen LogP contribution in [0.5, 0.6) is 5.75 Å². The summed E-state index contributed by atoms with van der Waals surface area (Å²) < 4.78 is 7.33. The van der Waals surface area contributed by atoms with Gasteiger partial charge in [0.1, 0.15) is 5.75 Å². The quantitative estimate of drug-likeness (QED) is 0.715. The maximum atomic E-state index is 12.7. The molecule has 0 saturated heterocycles. The number of methoxy groups -OCH3 is 1. The van der Waals surface area contributed by atoms with E-state index >= 15 is 0 Å². The van der Waals surface area contributed by atoms with E-state index in [0.717, 1.165) is 18.7 Å². The van der Waals surface area contributed by atoms with Gasteiger partial charge in [-0.15, -0.1) is 0 Å². The van der Waals surface area contributed by atoms with Gasteiger partial charge in [-0.25, -0.2) is 0 Å². The molecule has 0 atom stereocenters. The van der Waals surface area contributed by atoms with E-state index in [2.05, 4.69) is 48.2 Å². The molecule has 0 bridgehead atoms. The first kappa shape index (κ1) is 16.5. The number of amides is 1. The molecule has 1 aliphatic heterocycles. The first-order valence-electron chi connectivity index (χ1n) is 8.84. The average Bonchev–Trinajstić information content (AvgIpc) is 3.05. The summed E-state index contributed by atoms with van der Waals surface area (Å²) in [6.07, 6.45) is 5.25. The second-order valence-corrected chi connectivity index (χ2v) is 6.63. The van der Waals surface area contributed by atoms with Crippen molar-refractivity contribution in [3.63, 3.8) is 0 Å². The molecule has 2 heterocycles. The van der Waals surface area contributed by atoms with Crippen LogP contribution in [-0.4, -0.2) is 35.6 Å². The van der Waals surface area contributed by atoms with Crippen molar-refractivity contribution in [2.75, 3.05) is 20.2 Å². The molecule has 26 heavy (non-hydrogen) atoms. The number of rotatable bonds is 3. The summed E-state index contributed by atoms with van der Waals surface area (Å²) in [6, 6.07) is 15.8. The SMILES string of the molecule is COc1ccc(C(=O)N2CC=C(c3cn(C)c4ccccc34)CC2)cc1. The van der Waals surface area contributed by atoms with Gasteiger partial charge in [0.2, 0.25) is 0 Å². The van der Waals surface area contributed by atoms with Gasteiger partial charge in [0.15, 0.2) is 0 Å². The summed E-state index contributed by atoms with van der Waals surface area (Å²) in [5, 5.41) is 1.27. The lowest BCUT2D eigenvalue weighted by atomic mass is 9.98. The molecular weight excluding hydrogens is 324 g/mol. The number of hydrogen-bond acceptors (Lipinski definition) is 2. The second kappa shape index (κ2) is 6.71. The number of fused-ring (bicyclic) bond motifs is 1. The maximum absolute atomic E-state index is 12.7. The maximum Gasteiger partial charge on any atom is 0.254 e. The Morgan fingerprint density at radius 1 is 1.08 bits per heavy atom. The zero-order valence-electron chi connectivity index (χ0n) is 15.1. The minimum Gasteiger partial charge on any atom is -0.497 e. The smallest absolute Gasteiger partial charge is 0.254 e. The standard InChI is InChI=1S/C22H22N2O2/c1-23-15-20(19-5-3-4-6-21(19)23)16-11-13-24(14-12-16)22(25)17-7-9-18(26-2)10-8-17/h3-11,15H,12-14H2,1-2H3. The summed E-state index contributed by atoms with van der Waals surface area (Å²) in [5.41, 5.74) is 4.54. The van der Waals surface area contributed by atoms with Crippen LogP contribution in [0.4, 0.5) is 0 Å². The van der Waals surface area contributed by atoms with Crippen molar-refractivity contribution in [3.8, 4) is 5.75 Å². The minimum atomic E-state index is 0.0703. The van der Waals surface area contributed by atoms with Gasteiger partial charge >= 0.3 is 0 Å². The third-order valence-corrected chi connectivity index (χ3v) is 5.08. The van der Waals surface area contributed by atoms with Gasteiger partial charge < -0.3 is 14.2 Å². The number of nitrogens with zero attached hydrogens (tertiary/aromatic N) is 2. The minimum absolute atomic E-state index is 0.0703. The Hall–Kier alpha value is -3.01. The number of aromatic nitrogens is 1. The first-order valence-corrected chi connectivity index (χ1v) is 8.84. The third kappa shape index (κ3) is 2.88. The molecule has 4 rings (SSSR count). The highest BCUT2D eigenvalue weighted by molar-refractivity contribution is 5.96. The molecule has 0 saturated carbocycles. The Balaban J connectivity index is 1.55. The molecule has 0 radical (unpaired) electrons. The van der Waals surface area contributed by atoms with Crippen LogP contribution < -0.4 is 4.74 Å². The highest BCUT2D eigenvalue weighted by Crippen LogP contribution is 2.30. The zero-order chi connectivity index (χ0) is 18.1. The van der Waals surface area contributed by atoms with E-state index in [1.54, 1.807) is 7.11 Å². The number of hydrogen-bond donors (Lipinski definition) is 0. The monoisotopic (exact) mass is 346 g/mol. The Labute approximate surface area is 153 Å². The number of carbonyl (C=O) groups is 1. The van der Waals surface area contributed by atoms with E-state index in [1.807, 2.05) is 29.2 Å². The van der Waals surface area contributed by atoms with Crippen LogP contribution in [0.15, 0.2) is 60.8 Å². The van der Waals surface area contributed by atoms with Gasteiger partial charge in [0.25, 0.3) is 5.91 Å². The van der Waals surface area contributed by atoms with Crippen molar-refractivity contribution in [3.05, 3.63) is 71.9 Å². The lowest BCUT2D eigenvalue weighted by Gasteiger charge is -2.26. The van der Waals surface area contributed by atoms with E-state index in [0.29, 0.717) is 12.1 Å². The largest absolute Gasteiger partial charge is 0.497 e. The lowest BCUT2D eigenvalue weighted by molar-refractivity contribution is 0.0773. The van der Waals surface area contributed by atoms with Crippen molar-refractivity contribution < 1.29 is 9.53 Å². The van der Waals surface area contributed by atoms with Crippen molar-refractivity contribution in [2.45, 2.75) is 6.42 Å². The molecule has 2 aromatic carbocycles. The number of ether oxygens (including phenoxy) is 1. The van der Waals surface area contributed by atoms with E-state index in [1.165, 1.54) is 22.0 Å². The van der Waals surface area contributed by atoms with Crippen molar-refractivity contribution >= 4 is 22.4 Å². The zero-order valence-corrected chi connectivity index (χ0v) is 15.1. The fourth-order valence-corrected chi connectivity index (χ4v) is 3.61. The van der Waals surface area contributed by atoms with Crippen LogP contribution >= 0.6 is 0 Å². The Morgan fingerprint density at radius 2 is 1.85 bits per heavy atom. The van der Waals surface area contributed by atoms with Crippen LogP contribution in [0.25, 0.3) is 16.5 Å². The van der Waals surface area contributed by atoms with E-state index in [-0.39, 0.29) is 5.91 Å². The lowest BCUT2D eigenvalue weighted by Crippen LogP contribution is -2.34. The summed E-state index contributed by atoms with van der Waals surface area (Å²) in [5.74, 6) is 0.833. The average molecular weight is 346 g/mol. The van der Waals surface area contributed by atoms with Gasteiger partial charge in [-0.1, -0.05) is 24.3 Å². The van der Waals surface area contributed by atoms with Crippen molar-refractivity contribution in [1.82, 2.24) is 9.47 Å². The molecular formula is C22H22N2O2. The summed E-state index contributed by atoms with van der Waals surface area (Å²) in [6.45, 7) is 1.38. The highest BCUT2D eigenvalue weighted by Gasteiger charge is 2.21.